The average molecular weight is 488 g/mol. The number of carbonyl (C=O) groups excluding carboxylic acids is 2. The van der Waals surface area contributed by atoms with E-state index in [1.807, 2.05) is 55.5 Å². The van der Waals surface area contributed by atoms with E-state index in [0.29, 0.717) is 24.4 Å². The number of aromatic nitrogens is 3. The molecular formula is C27H29N5O4. The molecule has 0 radical (unpaired) electrons. The SMILES string of the molecule is Cc1ccccc1C(C(=O)NCC1CCCO1)N(Cc1ccco1)C(=O)Cn1nnc2ccccc21. The van der Waals surface area contributed by atoms with Gasteiger partial charge < -0.3 is 19.4 Å². The van der Waals surface area contributed by atoms with Crippen molar-refractivity contribution in [2.75, 3.05) is 13.2 Å². The van der Waals surface area contributed by atoms with E-state index in [1.54, 1.807) is 28.0 Å². The summed E-state index contributed by atoms with van der Waals surface area (Å²) in [6.07, 6.45) is 3.44. The molecule has 1 saturated heterocycles. The summed E-state index contributed by atoms with van der Waals surface area (Å²) in [5.41, 5.74) is 3.12. The van der Waals surface area contributed by atoms with E-state index in [4.69, 9.17) is 9.15 Å². The van der Waals surface area contributed by atoms with E-state index in [0.717, 1.165) is 29.5 Å². The van der Waals surface area contributed by atoms with Crippen LogP contribution in [-0.2, 0) is 27.4 Å². The number of amides is 2. The molecule has 1 aliphatic rings. The molecule has 3 heterocycles. The first kappa shape index (κ1) is 23.7. The number of aryl methyl sites for hydroxylation is 1. The lowest BCUT2D eigenvalue weighted by Crippen LogP contribution is -2.46. The van der Waals surface area contributed by atoms with E-state index in [9.17, 15) is 9.59 Å². The van der Waals surface area contributed by atoms with Gasteiger partial charge in [0.2, 0.25) is 11.8 Å². The van der Waals surface area contributed by atoms with E-state index < -0.39 is 6.04 Å². The summed E-state index contributed by atoms with van der Waals surface area (Å²) in [4.78, 5) is 29.1. The minimum Gasteiger partial charge on any atom is -0.467 e. The Hall–Kier alpha value is -3.98. The average Bonchev–Trinajstić information content (AvgIpc) is 3.67. The van der Waals surface area contributed by atoms with Crippen molar-refractivity contribution in [2.45, 2.75) is 45.0 Å². The van der Waals surface area contributed by atoms with Crippen LogP contribution < -0.4 is 5.32 Å². The minimum absolute atomic E-state index is 0.0118. The Morgan fingerprint density at radius 1 is 1.14 bits per heavy atom. The lowest BCUT2D eigenvalue weighted by atomic mass is 9.98. The van der Waals surface area contributed by atoms with Crippen molar-refractivity contribution in [1.82, 2.24) is 25.2 Å². The Bertz CT molecular complexity index is 1330. The third-order valence-corrected chi connectivity index (χ3v) is 6.50. The van der Waals surface area contributed by atoms with Crippen molar-refractivity contribution in [3.05, 3.63) is 83.8 Å². The monoisotopic (exact) mass is 487 g/mol. The predicted molar refractivity (Wildman–Crippen MR) is 133 cm³/mol. The molecule has 1 fully saturated rings. The van der Waals surface area contributed by atoms with Crippen LogP contribution in [0.3, 0.4) is 0 Å². The number of nitrogens with one attached hydrogen (secondary N) is 1. The van der Waals surface area contributed by atoms with Crippen LogP contribution in [0.1, 0.15) is 35.8 Å². The number of rotatable bonds is 9. The predicted octanol–water partition coefficient (Wildman–Crippen LogP) is 3.40. The second-order valence-corrected chi connectivity index (χ2v) is 8.98. The van der Waals surface area contributed by atoms with Crippen molar-refractivity contribution in [3.8, 4) is 0 Å². The third kappa shape index (κ3) is 5.16. The van der Waals surface area contributed by atoms with Crippen LogP contribution in [-0.4, -0.2) is 51.0 Å². The molecule has 0 spiro atoms. The van der Waals surface area contributed by atoms with Gasteiger partial charge in [-0.05, 0) is 55.2 Å². The molecule has 0 bridgehead atoms. The van der Waals surface area contributed by atoms with Crippen LogP contribution in [0.4, 0.5) is 0 Å². The van der Waals surface area contributed by atoms with Gasteiger partial charge in [-0.2, -0.15) is 0 Å². The van der Waals surface area contributed by atoms with Gasteiger partial charge in [-0.3, -0.25) is 9.59 Å². The summed E-state index contributed by atoms with van der Waals surface area (Å²) >= 11 is 0. The van der Waals surface area contributed by atoms with Crippen LogP contribution in [0.5, 0.6) is 0 Å². The summed E-state index contributed by atoms with van der Waals surface area (Å²) in [5.74, 6) is 0.0445. The van der Waals surface area contributed by atoms with E-state index in [-0.39, 0.29) is 31.0 Å². The highest BCUT2D eigenvalue weighted by Crippen LogP contribution is 2.27. The van der Waals surface area contributed by atoms with Gasteiger partial charge in [-0.1, -0.05) is 41.6 Å². The van der Waals surface area contributed by atoms with Crippen molar-refractivity contribution < 1.29 is 18.7 Å². The van der Waals surface area contributed by atoms with Gasteiger partial charge in [0.1, 0.15) is 23.9 Å². The zero-order chi connectivity index (χ0) is 24.9. The van der Waals surface area contributed by atoms with Gasteiger partial charge in [-0.25, -0.2) is 4.68 Å². The molecule has 0 saturated carbocycles. The van der Waals surface area contributed by atoms with Gasteiger partial charge in [0.15, 0.2) is 0 Å². The number of nitrogens with zero attached hydrogens (tertiary/aromatic N) is 4. The highest BCUT2D eigenvalue weighted by molar-refractivity contribution is 5.89. The largest absolute Gasteiger partial charge is 0.467 e. The Morgan fingerprint density at radius 2 is 1.97 bits per heavy atom. The maximum absolute atomic E-state index is 13.9. The molecule has 2 aromatic heterocycles. The summed E-state index contributed by atoms with van der Waals surface area (Å²) in [7, 11) is 0. The molecule has 2 aromatic carbocycles. The summed E-state index contributed by atoms with van der Waals surface area (Å²) in [6.45, 7) is 3.11. The molecule has 1 N–H and O–H groups in total. The number of hydrogen-bond acceptors (Lipinski definition) is 6. The quantitative estimate of drug-likeness (QED) is 0.388. The normalized spacial score (nSPS) is 16.2. The topological polar surface area (TPSA) is 102 Å². The fourth-order valence-corrected chi connectivity index (χ4v) is 4.61. The summed E-state index contributed by atoms with van der Waals surface area (Å²) < 4.78 is 12.8. The van der Waals surface area contributed by atoms with Gasteiger partial charge in [0.25, 0.3) is 0 Å². The fraction of sp³-hybridized carbons (Fsp3) is 0.333. The van der Waals surface area contributed by atoms with Crippen molar-refractivity contribution >= 4 is 22.8 Å². The Kier molecular flexibility index (Phi) is 7.08. The molecule has 2 unspecified atom stereocenters. The van der Waals surface area contributed by atoms with Crippen molar-refractivity contribution in [3.63, 3.8) is 0 Å². The molecule has 0 aliphatic carbocycles. The van der Waals surface area contributed by atoms with Crippen molar-refractivity contribution in [2.24, 2.45) is 0 Å². The van der Waals surface area contributed by atoms with Gasteiger partial charge in [-0.15, -0.1) is 5.10 Å². The first-order valence-corrected chi connectivity index (χ1v) is 12.1. The zero-order valence-corrected chi connectivity index (χ0v) is 20.2. The number of furan rings is 1. The molecule has 9 heteroatoms. The Morgan fingerprint density at radius 3 is 2.75 bits per heavy atom. The highest BCUT2D eigenvalue weighted by Gasteiger charge is 2.34. The highest BCUT2D eigenvalue weighted by atomic mass is 16.5. The molecule has 2 atom stereocenters. The minimum atomic E-state index is -0.861. The van der Waals surface area contributed by atoms with Crippen LogP contribution in [0, 0.1) is 6.92 Å². The lowest BCUT2D eigenvalue weighted by molar-refractivity contribution is -0.142. The summed E-state index contributed by atoms with van der Waals surface area (Å²) in [6, 6.07) is 17.8. The van der Waals surface area contributed by atoms with E-state index >= 15 is 0 Å². The molecule has 9 nitrogen and oxygen atoms in total. The standard InChI is InChI=1S/C27H29N5O4/c1-19-8-2-3-11-22(19)26(27(34)28-16-20-9-6-14-35-20)31(17-21-10-7-15-36-21)25(33)18-32-24-13-5-4-12-23(24)29-30-32/h2-5,7-8,10-13,15,20,26H,6,9,14,16-18H2,1H3,(H,28,34). The van der Waals surface area contributed by atoms with Crippen LogP contribution in [0.15, 0.2) is 71.3 Å². The zero-order valence-electron chi connectivity index (χ0n) is 20.2. The maximum atomic E-state index is 13.9. The van der Waals surface area contributed by atoms with Gasteiger partial charge in [0, 0.05) is 13.2 Å². The van der Waals surface area contributed by atoms with Gasteiger partial charge in [0.05, 0.1) is 24.4 Å². The summed E-state index contributed by atoms with van der Waals surface area (Å²) in [5, 5.41) is 11.4. The van der Waals surface area contributed by atoms with E-state index in [2.05, 4.69) is 15.6 Å². The number of hydrogen-bond donors (Lipinski definition) is 1. The number of ether oxygens (including phenoxy) is 1. The number of para-hydroxylation sites is 1. The van der Waals surface area contributed by atoms with Crippen LogP contribution >= 0.6 is 0 Å². The molecular weight excluding hydrogens is 458 g/mol. The van der Waals surface area contributed by atoms with Gasteiger partial charge >= 0.3 is 0 Å². The fourth-order valence-electron chi connectivity index (χ4n) is 4.61. The molecule has 1 aliphatic heterocycles. The maximum Gasteiger partial charge on any atom is 0.247 e. The molecule has 36 heavy (non-hydrogen) atoms. The number of fused-ring (bicyclic) bond motifs is 1. The number of benzene rings is 2. The molecule has 4 aromatic rings. The molecule has 186 valence electrons. The number of carbonyl (C=O) groups is 2. The molecule has 2 amide bonds. The third-order valence-electron chi connectivity index (χ3n) is 6.50. The smallest absolute Gasteiger partial charge is 0.247 e. The van der Waals surface area contributed by atoms with E-state index in [1.165, 1.54) is 0 Å². The van der Waals surface area contributed by atoms with Crippen molar-refractivity contribution in [1.29, 1.82) is 0 Å². The Balaban J connectivity index is 1.48. The second-order valence-electron chi connectivity index (χ2n) is 8.98. The Labute approximate surface area is 209 Å². The first-order valence-electron chi connectivity index (χ1n) is 12.1. The second kappa shape index (κ2) is 10.7. The first-order chi connectivity index (χ1) is 17.6. The lowest BCUT2D eigenvalue weighted by Gasteiger charge is -2.32. The van der Waals surface area contributed by atoms with Crippen LogP contribution in [0.2, 0.25) is 0 Å². The molecule has 5 rings (SSSR count). The van der Waals surface area contributed by atoms with Crippen LogP contribution in [0.25, 0.3) is 11.0 Å².